The van der Waals surface area contributed by atoms with Crippen LogP contribution in [0.5, 0.6) is 0 Å². The standard InChI is InChI=1S/C20H21ClN2O3S/c21-17-7-5-15(6-8-17)20(24)23-13-3-4-16-14-18(9-10-19(16)23)27(25,26)22-11-1-2-12-22/h5-10,14H,1-4,11-13H2. The van der Waals surface area contributed by atoms with Gasteiger partial charge in [-0.2, -0.15) is 4.31 Å². The number of rotatable bonds is 3. The number of halogens is 1. The van der Waals surface area contributed by atoms with Gasteiger partial charge in [0.2, 0.25) is 10.0 Å². The Morgan fingerprint density at radius 2 is 1.63 bits per heavy atom. The summed E-state index contributed by atoms with van der Waals surface area (Å²) in [7, 11) is -3.45. The lowest BCUT2D eigenvalue weighted by Gasteiger charge is -2.30. The zero-order valence-electron chi connectivity index (χ0n) is 14.9. The molecule has 0 aromatic heterocycles. The van der Waals surface area contributed by atoms with Crippen LogP contribution >= 0.6 is 11.6 Å². The van der Waals surface area contributed by atoms with E-state index in [2.05, 4.69) is 0 Å². The number of benzene rings is 2. The molecule has 0 spiro atoms. The van der Waals surface area contributed by atoms with E-state index in [0.29, 0.717) is 35.1 Å². The number of fused-ring (bicyclic) bond motifs is 1. The molecule has 0 radical (unpaired) electrons. The van der Waals surface area contributed by atoms with Crippen LogP contribution in [0.3, 0.4) is 0 Å². The average molecular weight is 405 g/mol. The van der Waals surface area contributed by atoms with Gasteiger partial charge < -0.3 is 4.90 Å². The summed E-state index contributed by atoms with van der Waals surface area (Å²) in [5.41, 5.74) is 2.27. The van der Waals surface area contributed by atoms with Crippen molar-refractivity contribution in [1.29, 1.82) is 0 Å². The molecule has 0 aliphatic carbocycles. The fourth-order valence-corrected chi connectivity index (χ4v) is 5.47. The third-order valence-electron chi connectivity index (χ3n) is 5.21. The molecule has 2 aromatic rings. The van der Waals surface area contributed by atoms with Gasteiger partial charge >= 0.3 is 0 Å². The smallest absolute Gasteiger partial charge is 0.258 e. The van der Waals surface area contributed by atoms with Crippen molar-refractivity contribution in [2.24, 2.45) is 0 Å². The second kappa shape index (κ2) is 7.26. The molecule has 0 bridgehead atoms. The third kappa shape index (κ3) is 3.49. The summed E-state index contributed by atoms with van der Waals surface area (Å²) < 4.78 is 27.2. The minimum atomic E-state index is -3.45. The largest absolute Gasteiger partial charge is 0.308 e. The van der Waals surface area contributed by atoms with Crippen LogP contribution in [0.15, 0.2) is 47.4 Å². The molecule has 0 unspecified atom stereocenters. The van der Waals surface area contributed by atoms with Crippen LogP contribution < -0.4 is 4.90 Å². The SMILES string of the molecule is O=C(c1ccc(Cl)cc1)N1CCCc2cc(S(=O)(=O)N3CCCC3)ccc21. The molecule has 142 valence electrons. The van der Waals surface area contributed by atoms with E-state index >= 15 is 0 Å². The molecule has 0 atom stereocenters. The third-order valence-corrected chi connectivity index (χ3v) is 7.36. The van der Waals surface area contributed by atoms with E-state index in [4.69, 9.17) is 11.6 Å². The van der Waals surface area contributed by atoms with Gasteiger partial charge in [-0.25, -0.2) is 8.42 Å². The first kappa shape index (κ1) is 18.5. The molecule has 2 aliphatic heterocycles. The van der Waals surface area contributed by atoms with E-state index in [1.54, 1.807) is 51.7 Å². The molecule has 0 N–H and O–H groups in total. The Balaban J connectivity index is 1.66. The quantitative estimate of drug-likeness (QED) is 0.783. The molecular formula is C20H21ClN2O3S. The van der Waals surface area contributed by atoms with Gasteiger partial charge in [-0.1, -0.05) is 11.6 Å². The first-order chi connectivity index (χ1) is 13.0. The number of carbonyl (C=O) groups is 1. The number of nitrogens with zero attached hydrogens (tertiary/aromatic N) is 2. The molecule has 0 saturated carbocycles. The van der Waals surface area contributed by atoms with E-state index in [1.165, 1.54) is 0 Å². The number of carbonyl (C=O) groups excluding carboxylic acids is 1. The minimum Gasteiger partial charge on any atom is -0.308 e. The van der Waals surface area contributed by atoms with Gasteiger partial charge in [0, 0.05) is 35.9 Å². The number of hydrogen-bond acceptors (Lipinski definition) is 3. The number of hydrogen-bond donors (Lipinski definition) is 0. The number of aryl methyl sites for hydroxylation is 1. The predicted molar refractivity (Wildman–Crippen MR) is 106 cm³/mol. The minimum absolute atomic E-state index is 0.0947. The van der Waals surface area contributed by atoms with Gasteiger partial charge in [0.25, 0.3) is 5.91 Å². The summed E-state index contributed by atoms with van der Waals surface area (Å²) in [4.78, 5) is 15.0. The van der Waals surface area contributed by atoms with Crippen LogP contribution in [0.25, 0.3) is 0 Å². The number of amides is 1. The Labute approximate surface area is 164 Å². The number of sulfonamides is 1. The van der Waals surface area contributed by atoms with Crippen molar-refractivity contribution in [3.8, 4) is 0 Å². The Bertz CT molecular complexity index is 967. The Hall–Kier alpha value is -1.89. The molecule has 1 saturated heterocycles. The fourth-order valence-electron chi connectivity index (χ4n) is 3.77. The average Bonchev–Trinajstić information content (AvgIpc) is 3.23. The zero-order chi connectivity index (χ0) is 19.0. The highest BCUT2D eigenvalue weighted by Crippen LogP contribution is 2.32. The zero-order valence-corrected chi connectivity index (χ0v) is 16.5. The van der Waals surface area contributed by atoms with Crippen LogP contribution in [0.2, 0.25) is 5.02 Å². The second-order valence-electron chi connectivity index (χ2n) is 6.97. The van der Waals surface area contributed by atoms with Crippen LogP contribution in [0.1, 0.15) is 35.2 Å². The topological polar surface area (TPSA) is 57.7 Å². The van der Waals surface area contributed by atoms with Gasteiger partial charge in [0.05, 0.1) is 4.90 Å². The maximum atomic E-state index is 12.9. The molecule has 5 nitrogen and oxygen atoms in total. The highest BCUT2D eigenvalue weighted by Gasteiger charge is 2.30. The fraction of sp³-hybridized carbons (Fsp3) is 0.350. The predicted octanol–water partition coefficient (Wildman–Crippen LogP) is 3.72. The van der Waals surface area contributed by atoms with E-state index in [1.807, 2.05) is 0 Å². The van der Waals surface area contributed by atoms with Crippen LogP contribution in [-0.2, 0) is 16.4 Å². The van der Waals surface area contributed by atoms with Crippen LogP contribution in [0.4, 0.5) is 5.69 Å². The lowest BCUT2D eigenvalue weighted by atomic mass is 10.0. The Morgan fingerprint density at radius 1 is 0.926 bits per heavy atom. The maximum Gasteiger partial charge on any atom is 0.258 e. The first-order valence-corrected chi connectivity index (χ1v) is 11.0. The van der Waals surface area contributed by atoms with Crippen molar-refractivity contribution in [2.45, 2.75) is 30.6 Å². The maximum absolute atomic E-state index is 12.9. The lowest BCUT2D eigenvalue weighted by molar-refractivity contribution is 0.0985. The van der Waals surface area contributed by atoms with Gasteiger partial charge in [0.1, 0.15) is 0 Å². The number of anilines is 1. The molecule has 2 heterocycles. The van der Waals surface area contributed by atoms with Crippen LogP contribution in [0, 0.1) is 0 Å². The summed E-state index contributed by atoms with van der Waals surface area (Å²) in [5.74, 6) is -0.0947. The molecule has 1 fully saturated rings. The monoisotopic (exact) mass is 404 g/mol. The van der Waals surface area contributed by atoms with Crippen molar-refractivity contribution in [3.05, 3.63) is 58.6 Å². The molecule has 27 heavy (non-hydrogen) atoms. The summed E-state index contributed by atoms with van der Waals surface area (Å²) >= 11 is 5.91. The van der Waals surface area contributed by atoms with Crippen molar-refractivity contribution in [3.63, 3.8) is 0 Å². The summed E-state index contributed by atoms with van der Waals surface area (Å²) in [6.07, 6.45) is 3.39. The van der Waals surface area contributed by atoms with E-state index in [0.717, 1.165) is 36.9 Å². The molecule has 2 aliphatic rings. The van der Waals surface area contributed by atoms with Gasteiger partial charge in [-0.15, -0.1) is 0 Å². The first-order valence-electron chi connectivity index (χ1n) is 9.17. The molecule has 4 rings (SSSR count). The Kier molecular flexibility index (Phi) is 4.97. The lowest BCUT2D eigenvalue weighted by Crippen LogP contribution is -2.35. The van der Waals surface area contributed by atoms with Gasteiger partial charge in [0.15, 0.2) is 0 Å². The normalized spacial score (nSPS) is 17.7. The molecular weight excluding hydrogens is 384 g/mol. The van der Waals surface area contributed by atoms with E-state index < -0.39 is 10.0 Å². The van der Waals surface area contributed by atoms with Gasteiger partial charge in [-0.05, 0) is 73.7 Å². The summed E-state index contributed by atoms with van der Waals surface area (Å²) in [6, 6.07) is 12.0. The molecule has 2 aromatic carbocycles. The van der Waals surface area contributed by atoms with Crippen molar-refractivity contribution < 1.29 is 13.2 Å². The van der Waals surface area contributed by atoms with Crippen molar-refractivity contribution in [1.82, 2.24) is 4.31 Å². The molecule has 1 amide bonds. The summed E-state index contributed by atoms with van der Waals surface area (Å²) in [6.45, 7) is 1.79. The van der Waals surface area contributed by atoms with Crippen molar-refractivity contribution in [2.75, 3.05) is 24.5 Å². The highest BCUT2D eigenvalue weighted by atomic mass is 35.5. The Morgan fingerprint density at radius 3 is 2.33 bits per heavy atom. The molecule has 7 heteroatoms. The van der Waals surface area contributed by atoms with Gasteiger partial charge in [-0.3, -0.25) is 4.79 Å². The van der Waals surface area contributed by atoms with E-state index in [-0.39, 0.29) is 5.91 Å². The van der Waals surface area contributed by atoms with Crippen LogP contribution in [-0.4, -0.2) is 38.3 Å². The van der Waals surface area contributed by atoms with E-state index in [9.17, 15) is 13.2 Å². The summed E-state index contributed by atoms with van der Waals surface area (Å²) in [5, 5.41) is 0.586. The van der Waals surface area contributed by atoms with Crippen molar-refractivity contribution >= 4 is 33.2 Å². The second-order valence-corrected chi connectivity index (χ2v) is 9.34. The highest BCUT2D eigenvalue weighted by molar-refractivity contribution is 7.89.